The molecule has 1 heterocycles. The fraction of sp³-hybridized carbons (Fsp3) is 0.588. The second-order valence-electron chi connectivity index (χ2n) is 6.08. The van der Waals surface area contributed by atoms with Crippen LogP contribution in [0.3, 0.4) is 0 Å². The predicted octanol–water partition coefficient (Wildman–Crippen LogP) is 2.64. The van der Waals surface area contributed by atoms with Gasteiger partial charge in [0.2, 0.25) is 0 Å². The number of rotatable bonds is 5. The zero-order valence-electron chi connectivity index (χ0n) is 13.8. The van der Waals surface area contributed by atoms with Gasteiger partial charge in [-0.1, -0.05) is 0 Å². The number of hydrogen-bond donors (Lipinski definition) is 1. The highest BCUT2D eigenvalue weighted by atomic mass is 16.6. The largest absolute Gasteiger partial charge is 0.497 e. The molecule has 1 aliphatic rings. The molecular weight excluding hydrogens is 282 g/mol. The molecule has 122 valence electrons. The summed E-state index contributed by atoms with van der Waals surface area (Å²) in [5.41, 5.74) is -0.114. The van der Waals surface area contributed by atoms with Crippen LogP contribution >= 0.6 is 0 Å². The minimum absolute atomic E-state index is 0.356. The van der Waals surface area contributed by atoms with Gasteiger partial charge in [-0.2, -0.15) is 0 Å². The molecular formula is C17H25NO4. The van der Waals surface area contributed by atoms with Crippen LogP contribution in [0.4, 0.5) is 0 Å². The molecule has 0 bridgehead atoms. The SMILES string of the molecule is COc1ccc(OC)c(C(=O)OC(C)(C)C2CCNCC2)c1. The Labute approximate surface area is 131 Å². The van der Waals surface area contributed by atoms with Gasteiger partial charge in [0, 0.05) is 5.92 Å². The summed E-state index contributed by atoms with van der Waals surface area (Å²) in [5, 5.41) is 3.33. The van der Waals surface area contributed by atoms with Crippen LogP contribution < -0.4 is 14.8 Å². The first-order chi connectivity index (χ1) is 10.5. The van der Waals surface area contributed by atoms with E-state index < -0.39 is 5.60 Å². The number of benzene rings is 1. The van der Waals surface area contributed by atoms with E-state index in [1.54, 1.807) is 25.3 Å². The molecule has 5 heteroatoms. The number of carbonyl (C=O) groups excluding carboxylic acids is 1. The maximum absolute atomic E-state index is 12.6. The van der Waals surface area contributed by atoms with E-state index >= 15 is 0 Å². The number of esters is 1. The van der Waals surface area contributed by atoms with Crippen LogP contribution in [0.1, 0.15) is 37.0 Å². The highest BCUT2D eigenvalue weighted by Gasteiger charge is 2.35. The molecule has 0 aromatic heterocycles. The lowest BCUT2D eigenvalue weighted by atomic mass is 9.83. The lowest BCUT2D eigenvalue weighted by Crippen LogP contribution is -2.42. The predicted molar refractivity (Wildman–Crippen MR) is 84.6 cm³/mol. The Bertz CT molecular complexity index is 521. The molecule has 0 saturated carbocycles. The van der Waals surface area contributed by atoms with Crippen LogP contribution in [0.5, 0.6) is 11.5 Å². The number of hydrogen-bond acceptors (Lipinski definition) is 5. The Kier molecular flexibility index (Phi) is 5.29. The van der Waals surface area contributed by atoms with Crippen molar-refractivity contribution in [1.82, 2.24) is 5.32 Å². The fourth-order valence-corrected chi connectivity index (χ4v) is 2.87. The van der Waals surface area contributed by atoms with E-state index in [2.05, 4.69) is 5.32 Å². The first-order valence-electron chi connectivity index (χ1n) is 7.64. The van der Waals surface area contributed by atoms with Gasteiger partial charge >= 0.3 is 5.97 Å². The summed E-state index contributed by atoms with van der Waals surface area (Å²) in [6.07, 6.45) is 2.02. The molecule has 1 fully saturated rings. The Hall–Kier alpha value is -1.75. The van der Waals surface area contributed by atoms with Gasteiger partial charge in [0.25, 0.3) is 0 Å². The molecule has 0 spiro atoms. The number of ether oxygens (including phenoxy) is 3. The van der Waals surface area contributed by atoms with Crippen molar-refractivity contribution in [3.05, 3.63) is 23.8 Å². The van der Waals surface area contributed by atoms with E-state index in [1.807, 2.05) is 13.8 Å². The zero-order chi connectivity index (χ0) is 16.2. The van der Waals surface area contributed by atoms with Gasteiger partial charge in [0.15, 0.2) is 0 Å². The van der Waals surface area contributed by atoms with Crippen LogP contribution in [0.25, 0.3) is 0 Å². The van der Waals surface area contributed by atoms with Gasteiger partial charge in [-0.05, 0) is 58.0 Å². The molecule has 1 N–H and O–H groups in total. The van der Waals surface area contributed by atoms with Crippen molar-refractivity contribution in [3.63, 3.8) is 0 Å². The summed E-state index contributed by atoms with van der Waals surface area (Å²) in [6.45, 7) is 5.89. The molecule has 2 rings (SSSR count). The molecule has 0 radical (unpaired) electrons. The van der Waals surface area contributed by atoms with Crippen LogP contribution in [-0.2, 0) is 4.74 Å². The highest BCUT2D eigenvalue weighted by molar-refractivity contribution is 5.93. The normalized spacial score (nSPS) is 16.2. The van der Waals surface area contributed by atoms with Crippen molar-refractivity contribution in [2.75, 3.05) is 27.3 Å². The third-order valence-corrected chi connectivity index (χ3v) is 4.30. The van der Waals surface area contributed by atoms with Crippen molar-refractivity contribution in [1.29, 1.82) is 0 Å². The summed E-state index contributed by atoms with van der Waals surface area (Å²) < 4.78 is 16.2. The van der Waals surface area contributed by atoms with E-state index in [9.17, 15) is 4.79 Å². The molecule has 1 aliphatic heterocycles. The van der Waals surface area contributed by atoms with Crippen LogP contribution in [0, 0.1) is 5.92 Å². The second kappa shape index (κ2) is 7.01. The van der Waals surface area contributed by atoms with Gasteiger partial charge in [-0.15, -0.1) is 0 Å². The smallest absolute Gasteiger partial charge is 0.342 e. The van der Waals surface area contributed by atoms with E-state index in [-0.39, 0.29) is 5.97 Å². The van der Waals surface area contributed by atoms with Crippen molar-refractivity contribution >= 4 is 5.97 Å². The number of piperidine rings is 1. The molecule has 0 aliphatic carbocycles. The maximum atomic E-state index is 12.6. The topological polar surface area (TPSA) is 56.8 Å². The lowest BCUT2D eigenvalue weighted by molar-refractivity contribution is -0.0370. The molecule has 1 aromatic carbocycles. The third kappa shape index (κ3) is 3.71. The maximum Gasteiger partial charge on any atom is 0.342 e. The number of carbonyl (C=O) groups is 1. The van der Waals surface area contributed by atoms with E-state index in [0.29, 0.717) is 23.0 Å². The minimum Gasteiger partial charge on any atom is -0.497 e. The minimum atomic E-state index is -0.507. The standard InChI is InChI=1S/C17H25NO4/c1-17(2,12-7-9-18-10-8-12)22-16(19)14-11-13(20-3)5-6-15(14)21-4/h5-6,11-12,18H,7-10H2,1-4H3. The van der Waals surface area contributed by atoms with Crippen LogP contribution in [-0.4, -0.2) is 38.9 Å². The Balaban J connectivity index is 2.16. The summed E-state index contributed by atoms with van der Waals surface area (Å²) in [5.74, 6) is 1.08. The van der Waals surface area contributed by atoms with Gasteiger partial charge in [0.05, 0.1) is 14.2 Å². The monoisotopic (exact) mass is 307 g/mol. The lowest BCUT2D eigenvalue weighted by Gasteiger charge is -2.36. The molecule has 5 nitrogen and oxygen atoms in total. The van der Waals surface area contributed by atoms with Gasteiger partial charge in [-0.3, -0.25) is 0 Å². The molecule has 1 saturated heterocycles. The van der Waals surface area contributed by atoms with Crippen LogP contribution in [0.15, 0.2) is 18.2 Å². The number of nitrogens with one attached hydrogen (secondary N) is 1. The zero-order valence-corrected chi connectivity index (χ0v) is 13.8. The summed E-state index contributed by atoms with van der Waals surface area (Å²) in [4.78, 5) is 12.6. The Morgan fingerprint density at radius 2 is 1.86 bits per heavy atom. The third-order valence-electron chi connectivity index (χ3n) is 4.30. The average Bonchev–Trinajstić information content (AvgIpc) is 2.54. The average molecular weight is 307 g/mol. The first-order valence-corrected chi connectivity index (χ1v) is 7.64. The molecule has 0 amide bonds. The highest BCUT2D eigenvalue weighted by Crippen LogP contribution is 2.32. The molecule has 22 heavy (non-hydrogen) atoms. The number of methoxy groups -OCH3 is 2. The molecule has 0 unspecified atom stereocenters. The van der Waals surface area contributed by atoms with E-state index in [4.69, 9.17) is 14.2 Å². The van der Waals surface area contributed by atoms with E-state index in [1.165, 1.54) is 7.11 Å². The van der Waals surface area contributed by atoms with Crippen molar-refractivity contribution < 1.29 is 19.0 Å². The fourth-order valence-electron chi connectivity index (χ4n) is 2.87. The summed E-state index contributed by atoms with van der Waals surface area (Å²) in [6, 6.07) is 5.13. The van der Waals surface area contributed by atoms with Crippen LogP contribution in [0.2, 0.25) is 0 Å². The Morgan fingerprint density at radius 1 is 1.18 bits per heavy atom. The first kappa shape index (κ1) is 16.6. The molecule has 1 aromatic rings. The summed E-state index contributed by atoms with van der Waals surface area (Å²) >= 11 is 0. The van der Waals surface area contributed by atoms with Gasteiger partial charge in [0.1, 0.15) is 22.7 Å². The second-order valence-corrected chi connectivity index (χ2v) is 6.08. The summed E-state index contributed by atoms with van der Waals surface area (Å²) in [7, 11) is 3.10. The van der Waals surface area contributed by atoms with Gasteiger partial charge in [-0.25, -0.2) is 4.79 Å². The van der Waals surface area contributed by atoms with Crippen molar-refractivity contribution in [3.8, 4) is 11.5 Å². The van der Waals surface area contributed by atoms with E-state index in [0.717, 1.165) is 25.9 Å². The Morgan fingerprint density at radius 3 is 2.45 bits per heavy atom. The van der Waals surface area contributed by atoms with Gasteiger partial charge < -0.3 is 19.5 Å². The van der Waals surface area contributed by atoms with Crippen molar-refractivity contribution in [2.24, 2.45) is 5.92 Å². The molecule has 0 atom stereocenters. The van der Waals surface area contributed by atoms with Crippen molar-refractivity contribution in [2.45, 2.75) is 32.3 Å². The quantitative estimate of drug-likeness (QED) is 0.848.